The van der Waals surface area contributed by atoms with Gasteiger partial charge in [0.25, 0.3) is 5.56 Å². The number of pyridine rings is 1. The first-order valence-corrected chi connectivity index (χ1v) is 5.26. The molecule has 3 rings (SSSR count). The molecule has 0 fully saturated rings. The van der Waals surface area contributed by atoms with Crippen LogP contribution in [0.5, 0.6) is 0 Å². The third-order valence-corrected chi connectivity index (χ3v) is 2.89. The molecule has 0 saturated heterocycles. The fourth-order valence-electron chi connectivity index (χ4n) is 2.05. The van der Waals surface area contributed by atoms with Gasteiger partial charge in [-0.05, 0) is 41.3 Å². The van der Waals surface area contributed by atoms with Gasteiger partial charge >= 0.3 is 0 Å². The number of aryl methyl sites for hydroxylation is 1. The van der Waals surface area contributed by atoms with E-state index in [1.807, 2.05) is 12.1 Å². The first-order chi connectivity index (χ1) is 7.74. The van der Waals surface area contributed by atoms with Crippen molar-refractivity contribution >= 4 is 21.5 Å². The van der Waals surface area contributed by atoms with Crippen LogP contribution in [-0.4, -0.2) is 4.98 Å². The van der Waals surface area contributed by atoms with Gasteiger partial charge < -0.3 is 4.98 Å². The zero-order chi connectivity index (χ0) is 11.1. The molecule has 0 aliphatic heterocycles. The molecule has 2 heteroatoms. The van der Waals surface area contributed by atoms with E-state index in [4.69, 9.17) is 0 Å². The second-order valence-corrected chi connectivity index (χ2v) is 4.10. The van der Waals surface area contributed by atoms with Gasteiger partial charge in [0.15, 0.2) is 0 Å². The lowest BCUT2D eigenvalue weighted by Crippen LogP contribution is -2.03. The third kappa shape index (κ3) is 1.31. The molecule has 0 bridgehead atoms. The van der Waals surface area contributed by atoms with E-state index in [0.29, 0.717) is 0 Å². The number of nitrogens with one attached hydrogen (secondary N) is 1. The molecule has 0 unspecified atom stereocenters. The summed E-state index contributed by atoms with van der Waals surface area (Å²) in [6, 6.07) is 12.2. The van der Waals surface area contributed by atoms with Gasteiger partial charge in [-0.15, -0.1) is 0 Å². The van der Waals surface area contributed by atoms with Crippen molar-refractivity contribution in [3.63, 3.8) is 0 Å². The van der Waals surface area contributed by atoms with Crippen LogP contribution >= 0.6 is 0 Å². The van der Waals surface area contributed by atoms with Crippen LogP contribution in [0, 0.1) is 6.92 Å². The Balaban J connectivity index is 2.54. The van der Waals surface area contributed by atoms with Crippen LogP contribution in [0.25, 0.3) is 21.5 Å². The van der Waals surface area contributed by atoms with E-state index in [-0.39, 0.29) is 5.56 Å². The molecule has 0 radical (unpaired) electrons. The molecule has 1 heterocycles. The number of aromatic nitrogens is 1. The molecule has 0 amide bonds. The van der Waals surface area contributed by atoms with Crippen molar-refractivity contribution in [2.24, 2.45) is 0 Å². The number of hydrogen-bond acceptors (Lipinski definition) is 1. The SMILES string of the molecule is Cc1ccc2cc3cc[nH]c(=O)c3cc2c1. The highest BCUT2D eigenvalue weighted by molar-refractivity contribution is 5.97. The monoisotopic (exact) mass is 209 g/mol. The van der Waals surface area contributed by atoms with Crippen LogP contribution in [0.2, 0.25) is 0 Å². The number of rotatable bonds is 0. The van der Waals surface area contributed by atoms with E-state index in [1.54, 1.807) is 6.20 Å². The summed E-state index contributed by atoms with van der Waals surface area (Å²) >= 11 is 0. The summed E-state index contributed by atoms with van der Waals surface area (Å²) in [5.41, 5.74) is 1.18. The summed E-state index contributed by atoms with van der Waals surface area (Å²) in [5, 5.41) is 4.02. The van der Waals surface area contributed by atoms with Crippen molar-refractivity contribution in [1.82, 2.24) is 4.98 Å². The number of fused-ring (bicyclic) bond motifs is 2. The van der Waals surface area contributed by atoms with Crippen molar-refractivity contribution in [2.75, 3.05) is 0 Å². The van der Waals surface area contributed by atoms with Crippen LogP contribution in [0.1, 0.15) is 5.56 Å². The van der Waals surface area contributed by atoms with E-state index >= 15 is 0 Å². The fraction of sp³-hybridized carbons (Fsp3) is 0.0714. The maximum absolute atomic E-state index is 11.7. The van der Waals surface area contributed by atoms with Crippen LogP contribution in [0.4, 0.5) is 0 Å². The first-order valence-electron chi connectivity index (χ1n) is 5.26. The number of aromatic amines is 1. The molecule has 3 aromatic rings. The van der Waals surface area contributed by atoms with E-state index in [1.165, 1.54) is 10.9 Å². The van der Waals surface area contributed by atoms with Gasteiger partial charge in [0.2, 0.25) is 0 Å². The standard InChI is InChI=1S/C14H11NO/c1-9-2-3-10-7-11-4-5-15-14(16)13(11)8-12(10)6-9/h2-8H,1H3,(H,15,16). The highest BCUT2D eigenvalue weighted by Crippen LogP contribution is 2.21. The maximum atomic E-state index is 11.7. The lowest BCUT2D eigenvalue weighted by molar-refractivity contribution is 1.28. The number of H-pyrrole nitrogens is 1. The summed E-state index contributed by atoms with van der Waals surface area (Å²) < 4.78 is 0. The smallest absolute Gasteiger partial charge is 0.255 e. The lowest BCUT2D eigenvalue weighted by Gasteiger charge is -2.02. The molecular formula is C14H11NO. The minimum atomic E-state index is -0.0269. The average molecular weight is 209 g/mol. The molecule has 0 aliphatic rings. The van der Waals surface area contributed by atoms with Crippen molar-refractivity contribution in [3.05, 3.63) is 58.5 Å². The molecule has 16 heavy (non-hydrogen) atoms. The van der Waals surface area contributed by atoms with Gasteiger partial charge in [-0.25, -0.2) is 0 Å². The van der Waals surface area contributed by atoms with E-state index in [9.17, 15) is 4.79 Å². The topological polar surface area (TPSA) is 32.9 Å². The second-order valence-electron chi connectivity index (χ2n) is 4.10. The van der Waals surface area contributed by atoms with Crippen LogP contribution in [0.15, 0.2) is 47.4 Å². The molecule has 1 N–H and O–H groups in total. The fourth-order valence-corrected chi connectivity index (χ4v) is 2.05. The van der Waals surface area contributed by atoms with Gasteiger partial charge in [0, 0.05) is 11.6 Å². The maximum Gasteiger partial charge on any atom is 0.255 e. The number of benzene rings is 2. The molecule has 2 nitrogen and oxygen atoms in total. The first kappa shape index (κ1) is 9.16. The van der Waals surface area contributed by atoms with Crippen molar-refractivity contribution in [3.8, 4) is 0 Å². The van der Waals surface area contributed by atoms with Crippen LogP contribution in [-0.2, 0) is 0 Å². The van der Waals surface area contributed by atoms with Crippen molar-refractivity contribution in [1.29, 1.82) is 0 Å². The Morgan fingerprint density at radius 2 is 1.81 bits per heavy atom. The minimum absolute atomic E-state index is 0.0269. The Kier molecular flexibility index (Phi) is 1.83. The van der Waals surface area contributed by atoms with Gasteiger partial charge in [-0.3, -0.25) is 4.79 Å². The summed E-state index contributed by atoms with van der Waals surface area (Å²) in [6.07, 6.45) is 1.69. The number of hydrogen-bond donors (Lipinski definition) is 1. The molecule has 0 aliphatic carbocycles. The molecule has 0 saturated carbocycles. The molecule has 0 atom stereocenters. The Labute approximate surface area is 92.5 Å². The van der Waals surface area contributed by atoms with Gasteiger partial charge in [-0.2, -0.15) is 0 Å². The van der Waals surface area contributed by atoms with Gasteiger partial charge in [-0.1, -0.05) is 23.8 Å². The second kappa shape index (κ2) is 3.20. The van der Waals surface area contributed by atoms with E-state index < -0.39 is 0 Å². The molecule has 1 aromatic heterocycles. The van der Waals surface area contributed by atoms with Crippen molar-refractivity contribution < 1.29 is 0 Å². The van der Waals surface area contributed by atoms with E-state index in [2.05, 4.69) is 36.2 Å². The van der Waals surface area contributed by atoms with Crippen LogP contribution in [0.3, 0.4) is 0 Å². The largest absolute Gasteiger partial charge is 0.329 e. The summed E-state index contributed by atoms with van der Waals surface area (Å²) in [4.78, 5) is 14.3. The predicted octanol–water partition coefficient (Wildman–Crippen LogP) is 2.99. The van der Waals surface area contributed by atoms with E-state index in [0.717, 1.165) is 16.2 Å². The van der Waals surface area contributed by atoms with Gasteiger partial charge in [0.1, 0.15) is 0 Å². The normalized spacial score (nSPS) is 11.1. The Morgan fingerprint density at radius 1 is 0.938 bits per heavy atom. The quantitative estimate of drug-likeness (QED) is 0.567. The zero-order valence-electron chi connectivity index (χ0n) is 8.95. The summed E-state index contributed by atoms with van der Waals surface area (Å²) in [5.74, 6) is 0. The molecule has 0 spiro atoms. The Bertz CT molecular complexity index is 740. The van der Waals surface area contributed by atoms with Crippen molar-refractivity contribution in [2.45, 2.75) is 6.92 Å². The average Bonchev–Trinajstić information content (AvgIpc) is 2.28. The Morgan fingerprint density at radius 3 is 2.69 bits per heavy atom. The third-order valence-electron chi connectivity index (χ3n) is 2.89. The van der Waals surface area contributed by atoms with Crippen LogP contribution < -0.4 is 5.56 Å². The summed E-state index contributed by atoms with van der Waals surface area (Å²) in [6.45, 7) is 2.05. The molecular weight excluding hydrogens is 198 g/mol. The molecule has 2 aromatic carbocycles. The predicted molar refractivity (Wildman–Crippen MR) is 66.8 cm³/mol. The highest BCUT2D eigenvalue weighted by Gasteiger charge is 2.00. The summed E-state index contributed by atoms with van der Waals surface area (Å²) in [7, 11) is 0. The lowest BCUT2D eigenvalue weighted by atomic mass is 10.0. The van der Waals surface area contributed by atoms with Gasteiger partial charge in [0.05, 0.1) is 0 Å². The highest BCUT2D eigenvalue weighted by atomic mass is 16.1. The minimum Gasteiger partial charge on any atom is -0.329 e. The Hall–Kier alpha value is -2.09. The zero-order valence-corrected chi connectivity index (χ0v) is 8.95. The molecule has 78 valence electrons.